The number of aliphatic hydroxyl groups is 1. The number of rotatable bonds is 1. The second-order valence-corrected chi connectivity index (χ2v) is 6.14. The summed E-state index contributed by atoms with van der Waals surface area (Å²) in [5.74, 6) is 2.47. The summed E-state index contributed by atoms with van der Waals surface area (Å²) in [6.45, 7) is 7.14. The summed E-state index contributed by atoms with van der Waals surface area (Å²) in [6, 6.07) is 0. The van der Waals surface area contributed by atoms with Gasteiger partial charge in [-0.15, -0.1) is 0 Å². The molecule has 2 saturated carbocycles. The van der Waals surface area contributed by atoms with Gasteiger partial charge in [0, 0.05) is 0 Å². The molecule has 2 fully saturated rings. The zero-order chi connectivity index (χ0) is 10.3. The molecule has 1 heteroatoms. The number of fused-ring (bicyclic) bond motifs is 1. The summed E-state index contributed by atoms with van der Waals surface area (Å²) in [6.07, 6.45) is 6.14. The summed E-state index contributed by atoms with van der Waals surface area (Å²) in [7, 11) is 0. The molecule has 0 spiro atoms. The highest BCUT2D eigenvalue weighted by Gasteiger charge is 2.48. The third-order valence-corrected chi connectivity index (χ3v) is 4.89. The average molecular weight is 196 g/mol. The Labute approximate surface area is 87.9 Å². The molecular weight excluding hydrogens is 172 g/mol. The standard InChI is InChI=1S/C13H24O/c1-9(2)11-5-7-13(3)6-4-10(14)8-12(11)13/h9-12,14H,4-8H2,1-3H3/t10-,11+,12-,13+/m0/s1. The van der Waals surface area contributed by atoms with Gasteiger partial charge in [0.25, 0.3) is 0 Å². The summed E-state index contributed by atoms with van der Waals surface area (Å²) in [5, 5.41) is 9.77. The predicted octanol–water partition coefficient (Wildman–Crippen LogP) is 3.22. The maximum Gasteiger partial charge on any atom is 0.0543 e. The van der Waals surface area contributed by atoms with Gasteiger partial charge in [-0.3, -0.25) is 0 Å². The lowest BCUT2D eigenvalue weighted by molar-refractivity contribution is 0.0145. The van der Waals surface area contributed by atoms with Crippen molar-refractivity contribution in [2.75, 3.05) is 0 Å². The van der Waals surface area contributed by atoms with Gasteiger partial charge in [-0.25, -0.2) is 0 Å². The molecule has 0 amide bonds. The van der Waals surface area contributed by atoms with Gasteiger partial charge in [0.15, 0.2) is 0 Å². The first-order valence-electron chi connectivity index (χ1n) is 6.21. The molecule has 0 aromatic rings. The molecule has 1 N–H and O–H groups in total. The SMILES string of the molecule is CC(C)[C@H]1CC[C@@]2(C)CC[C@H](O)C[C@@H]12. The molecule has 2 aliphatic carbocycles. The molecule has 2 aliphatic rings. The lowest BCUT2D eigenvalue weighted by Gasteiger charge is -2.41. The predicted molar refractivity (Wildman–Crippen MR) is 59.0 cm³/mol. The first-order chi connectivity index (χ1) is 6.53. The van der Waals surface area contributed by atoms with E-state index in [2.05, 4.69) is 20.8 Å². The van der Waals surface area contributed by atoms with Crippen LogP contribution in [-0.2, 0) is 0 Å². The maximum absolute atomic E-state index is 9.77. The minimum absolute atomic E-state index is 0.00701. The molecule has 0 aromatic carbocycles. The number of hydrogen-bond acceptors (Lipinski definition) is 1. The van der Waals surface area contributed by atoms with Gasteiger partial charge in [-0.05, 0) is 55.3 Å². The van der Waals surface area contributed by atoms with Gasteiger partial charge in [0.1, 0.15) is 0 Å². The van der Waals surface area contributed by atoms with Crippen LogP contribution >= 0.6 is 0 Å². The van der Waals surface area contributed by atoms with Gasteiger partial charge in [-0.2, -0.15) is 0 Å². The molecule has 82 valence electrons. The normalized spacial score (nSPS) is 48.2. The van der Waals surface area contributed by atoms with Crippen molar-refractivity contribution >= 4 is 0 Å². The van der Waals surface area contributed by atoms with Crippen LogP contribution in [-0.4, -0.2) is 11.2 Å². The van der Waals surface area contributed by atoms with E-state index in [1.807, 2.05) is 0 Å². The minimum atomic E-state index is -0.00701. The molecule has 0 radical (unpaired) electrons. The van der Waals surface area contributed by atoms with Crippen LogP contribution < -0.4 is 0 Å². The first kappa shape index (κ1) is 10.5. The van der Waals surface area contributed by atoms with Crippen molar-refractivity contribution in [1.29, 1.82) is 0 Å². The van der Waals surface area contributed by atoms with Gasteiger partial charge in [0.05, 0.1) is 6.10 Å². The second-order valence-electron chi connectivity index (χ2n) is 6.14. The quantitative estimate of drug-likeness (QED) is 0.682. The van der Waals surface area contributed by atoms with Gasteiger partial charge < -0.3 is 5.11 Å². The topological polar surface area (TPSA) is 20.2 Å². The van der Waals surface area contributed by atoms with Gasteiger partial charge in [0.2, 0.25) is 0 Å². The van der Waals surface area contributed by atoms with E-state index in [4.69, 9.17) is 0 Å². The Balaban J connectivity index is 2.14. The Kier molecular flexibility index (Phi) is 2.63. The Morgan fingerprint density at radius 2 is 1.86 bits per heavy atom. The average Bonchev–Trinajstić information content (AvgIpc) is 2.43. The van der Waals surface area contributed by atoms with Crippen molar-refractivity contribution in [3.05, 3.63) is 0 Å². The van der Waals surface area contributed by atoms with Crippen molar-refractivity contribution in [2.24, 2.45) is 23.2 Å². The van der Waals surface area contributed by atoms with Crippen LogP contribution in [0.4, 0.5) is 0 Å². The fourth-order valence-corrected chi connectivity index (χ4v) is 3.87. The van der Waals surface area contributed by atoms with E-state index in [9.17, 15) is 5.11 Å². The van der Waals surface area contributed by atoms with Crippen LogP contribution in [0.3, 0.4) is 0 Å². The molecule has 0 aliphatic heterocycles. The van der Waals surface area contributed by atoms with Crippen LogP contribution in [0.25, 0.3) is 0 Å². The summed E-state index contributed by atoms with van der Waals surface area (Å²) in [5.41, 5.74) is 0.564. The van der Waals surface area contributed by atoms with Crippen LogP contribution in [0.15, 0.2) is 0 Å². The Morgan fingerprint density at radius 1 is 1.21 bits per heavy atom. The molecule has 0 saturated heterocycles. The maximum atomic E-state index is 9.77. The van der Waals surface area contributed by atoms with E-state index in [-0.39, 0.29) is 6.10 Å². The fraction of sp³-hybridized carbons (Fsp3) is 1.00. The molecule has 0 bridgehead atoms. The zero-order valence-corrected chi connectivity index (χ0v) is 9.79. The minimum Gasteiger partial charge on any atom is -0.393 e. The molecule has 2 rings (SSSR count). The molecule has 0 heterocycles. The Morgan fingerprint density at radius 3 is 2.50 bits per heavy atom. The fourth-order valence-electron chi connectivity index (χ4n) is 3.87. The first-order valence-corrected chi connectivity index (χ1v) is 6.21. The highest BCUT2D eigenvalue weighted by atomic mass is 16.3. The molecule has 0 unspecified atom stereocenters. The molecule has 14 heavy (non-hydrogen) atoms. The zero-order valence-electron chi connectivity index (χ0n) is 9.79. The summed E-state index contributed by atoms with van der Waals surface area (Å²) < 4.78 is 0. The van der Waals surface area contributed by atoms with Gasteiger partial charge in [-0.1, -0.05) is 20.8 Å². The van der Waals surface area contributed by atoms with Gasteiger partial charge >= 0.3 is 0 Å². The molecule has 0 aromatic heterocycles. The van der Waals surface area contributed by atoms with E-state index < -0.39 is 0 Å². The van der Waals surface area contributed by atoms with E-state index in [1.54, 1.807) is 0 Å². The summed E-state index contributed by atoms with van der Waals surface area (Å²) in [4.78, 5) is 0. The van der Waals surface area contributed by atoms with E-state index >= 15 is 0 Å². The largest absolute Gasteiger partial charge is 0.393 e. The van der Waals surface area contributed by atoms with Crippen LogP contribution in [0, 0.1) is 23.2 Å². The van der Waals surface area contributed by atoms with E-state index in [0.717, 1.165) is 30.6 Å². The van der Waals surface area contributed by atoms with Crippen molar-refractivity contribution in [3.8, 4) is 0 Å². The summed E-state index contributed by atoms with van der Waals surface area (Å²) >= 11 is 0. The van der Waals surface area contributed by atoms with Crippen LogP contribution in [0.2, 0.25) is 0 Å². The molecular formula is C13H24O. The van der Waals surface area contributed by atoms with Crippen LogP contribution in [0.5, 0.6) is 0 Å². The number of hydrogen-bond donors (Lipinski definition) is 1. The highest BCUT2D eigenvalue weighted by molar-refractivity contribution is 4.98. The van der Waals surface area contributed by atoms with Crippen molar-refractivity contribution in [2.45, 2.75) is 59.0 Å². The van der Waals surface area contributed by atoms with Crippen molar-refractivity contribution in [3.63, 3.8) is 0 Å². The number of aliphatic hydroxyl groups excluding tert-OH is 1. The smallest absolute Gasteiger partial charge is 0.0543 e. The Hall–Kier alpha value is -0.0400. The third-order valence-electron chi connectivity index (χ3n) is 4.89. The molecule has 4 atom stereocenters. The lowest BCUT2D eigenvalue weighted by Crippen LogP contribution is -2.36. The lowest BCUT2D eigenvalue weighted by atomic mass is 9.65. The van der Waals surface area contributed by atoms with Crippen molar-refractivity contribution < 1.29 is 5.11 Å². The van der Waals surface area contributed by atoms with E-state index in [1.165, 1.54) is 19.3 Å². The third kappa shape index (κ3) is 1.60. The van der Waals surface area contributed by atoms with E-state index in [0.29, 0.717) is 5.41 Å². The second kappa shape index (κ2) is 3.52. The Bertz CT molecular complexity index is 211. The molecule has 1 nitrogen and oxygen atoms in total. The van der Waals surface area contributed by atoms with Crippen molar-refractivity contribution in [1.82, 2.24) is 0 Å². The monoisotopic (exact) mass is 196 g/mol. The van der Waals surface area contributed by atoms with Crippen LogP contribution in [0.1, 0.15) is 52.9 Å². The highest BCUT2D eigenvalue weighted by Crippen LogP contribution is 2.56.